The highest BCUT2D eigenvalue weighted by Crippen LogP contribution is 2.40. The highest BCUT2D eigenvalue weighted by atomic mass is 127. The van der Waals surface area contributed by atoms with Gasteiger partial charge in [-0.1, -0.05) is 0 Å². The van der Waals surface area contributed by atoms with E-state index in [0.717, 1.165) is 6.07 Å². The highest BCUT2D eigenvalue weighted by molar-refractivity contribution is 14.1. The predicted molar refractivity (Wildman–Crippen MR) is 54.2 cm³/mol. The summed E-state index contributed by atoms with van der Waals surface area (Å²) in [6, 6.07) is 1.12. The summed E-state index contributed by atoms with van der Waals surface area (Å²) >= 11 is 1.72. The average Bonchev–Trinajstić information content (AvgIpc) is 2.07. The Kier molecular flexibility index (Phi) is 2.65. The van der Waals surface area contributed by atoms with E-state index in [1.54, 1.807) is 22.6 Å². The van der Waals surface area contributed by atoms with Gasteiger partial charge in [0.25, 0.3) is 0 Å². The Hall–Kier alpha value is -0.980. The van der Waals surface area contributed by atoms with Gasteiger partial charge in [0, 0.05) is 5.56 Å². The number of rotatable bonds is 1. The third kappa shape index (κ3) is 1.69. The van der Waals surface area contributed by atoms with Crippen LogP contribution in [0.3, 0.4) is 0 Å². The van der Waals surface area contributed by atoms with Gasteiger partial charge in [-0.3, -0.25) is 4.79 Å². The van der Waals surface area contributed by atoms with Crippen LogP contribution in [0.4, 0.5) is 0 Å². The molecule has 13 heavy (non-hydrogen) atoms. The van der Waals surface area contributed by atoms with Crippen molar-refractivity contribution in [2.45, 2.75) is 6.92 Å². The quantitative estimate of drug-likeness (QED) is 0.418. The molecular formula is C8H7IO4. The van der Waals surface area contributed by atoms with E-state index in [4.69, 9.17) is 10.2 Å². The van der Waals surface area contributed by atoms with E-state index in [9.17, 15) is 9.90 Å². The number of hydrogen-bond donors (Lipinski definition) is 3. The topological polar surface area (TPSA) is 77.8 Å². The lowest BCUT2D eigenvalue weighted by Gasteiger charge is -2.06. The molecule has 0 bridgehead atoms. The van der Waals surface area contributed by atoms with Crippen LogP contribution in [0.15, 0.2) is 6.07 Å². The Bertz CT molecular complexity index is 373. The SMILES string of the molecule is CC(=O)c1cc(O)c(O)c(O)c1I. The van der Waals surface area contributed by atoms with E-state index in [0.29, 0.717) is 0 Å². The number of ketones is 1. The Morgan fingerprint density at radius 1 is 1.31 bits per heavy atom. The molecule has 0 heterocycles. The summed E-state index contributed by atoms with van der Waals surface area (Å²) in [6.45, 7) is 1.31. The van der Waals surface area contributed by atoms with Gasteiger partial charge in [-0.2, -0.15) is 0 Å². The van der Waals surface area contributed by atoms with Crippen molar-refractivity contribution in [3.63, 3.8) is 0 Å². The van der Waals surface area contributed by atoms with Crippen LogP contribution in [0, 0.1) is 3.57 Å². The molecule has 0 spiro atoms. The van der Waals surface area contributed by atoms with E-state index in [-0.39, 0.29) is 14.9 Å². The van der Waals surface area contributed by atoms with Crippen molar-refractivity contribution in [3.05, 3.63) is 15.2 Å². The Morgan fingerprint density at radius 3 is 2.31 bits per heavy atom. The summed E-state index contributed by atoms with van der Waals surface area (Å²) in [4.78, 5) is 11.0. The van der Waals surface area contributed by atoms with Gasteiger partial charge in [-0.25, -0.2) is 0 Å². The first kappa shape index (κ1) is 10.1. The van der Waals surface area contributed by atoms with E-state index < -0.39 is 17.2 Å². The normalized spacial score (nSPS) is 10.0. The molecule has 0 aliphatic rings. The van der Waals surface area contributed by atoms with Gasteiger partial charge in [0.15, 0.2) is 17.3 Å². The number of carbonyl (C=O) groups is 1. The van der Waals surface area contributed by atoms with Crippen molar-refractivity contribution in [1.29, 1.82) is 0 Å². The first-order chi connectivity index (χ1) is 5.95. The van der Waals surface area contributed by atoms with Gasteiger partial charge < -0.3 is 15.3 Å². The lowest BCUT2D eigenvalue weighted by atomic mass is 10.1. The summed E-state index contributed by atoms with van der Waals surface area (Å²) in [5.41, 5.74) is 0.188. The monoisotopic (exact) mass is 294 g/mol. The van der Waals surface area contributed by atoms with E-state index >= 15 is 0 Å². The molecule has 70 valence electrons. The highest BCUT2D eigenvalue weighted by Gasteiger charge is 2.16. The first-order valence-corrected chi connectivity index (χ1v) is 4.47. The van der Waals surface area contributed by atoms with E-state index in [1.165, 1.54) is 6.92 Å². The Balaban J connectivity index is 3.50. The zero-order valence-electron chi connectivity index (χ0n) is 6.71. The number of Topliss-reactive ketones (excluding diaryl/α,β-unsaturated/α-hetero) is 1. The molecule has 1 aromatic rings. The molecule has 4 nitrogen and oxygen atoms in total. The molecule has 0 saturated heterocycles. The minimum atomic E-state index is -0.602. The van der Waals surface area contributed by atoms with Crippen LogP contribution in [0.2, 0.25) is 0 Å². The van der Waals surface area contributed by atoms with Crippen molar-refractivity contribution in [1.82, 2.24) is 0 Å². The molecule has 0 atom stereocenters. The van der Waals surface area contributed by atoms with Gasteiger partial charge in [-0.15, -0.1) is 0 Å². The van der Waals surface area contributed by atoms with Crippen molar-refractivity contribution in [3.8, 4) is 17.2 Å². The maximum absolute atomic E-state index is 11.0. The van der Waals surface area contributed by atoms with Gasteiger partial charge in [-0.05, 0) is 35.6 Å². The van der Waals surface area contributed by atoms with Crippen LogP contribution < -0.4 is 0 Å². The smallest absolute Gasteiger partial charge is 0.201 e. The maximum Gasteiger partial charge on any atom is 0.201 e. The van der Waals surface area contributed by atoms with Crippen LogP contribution in [0.25, 0.3) is 0 Å². The van der Waals surface area contributed by atoms with Crippen LogP contribution in [0.1, 0.15) is 17.3 Å². The Labute approximate surface area is 88.0 Å². The van der Waals surface area contributed by atoms with Crippen molar-refractivity contribution in [2.24, 2.45) is 0 Å². The van der Waals surface area contributed by atoms with Gasteiger partial charge in [0.1, 0.15) is 0 Å². The molecule has 0 aromatic heterocycles. The summed E-state index contributed by atoms with van der Waals surface area (Å²) in [5, 5.41) is 27.4. The molecule has 0 unspecified atom stereocenters. The average molecular weight is 294 g/mol. The zero-order valence-corrected chi connectivity index (χ0v) is 8.86. The number of aromatic hydroxyl groups is 3. The molecule has 0 aliphatic carbocycles. The summed E-state index contributed by atoms with van der Waals surface area (Å²) in [6.07, 6.45) is 0. The standard InChI is InChI=1S/C8H7IO4/c1-3(10)4-2-5(11)7(12)8(13)6(4)9/h2,11-13H,1H3. The maximum atomic E-state index is 11.0. The zero-order chi connectivity index (χ0) is 10.2. The van der Waals surface area contributed by atoms with E-state index in [1.807, 2.05) is 0 Å². The minimum absolute atomic E-state index is 0.188. The fourth-order valence-corrected chi connectivity index (χ4v) is 1.67. The Morgan fingerprint density at radius 2 is 1.85 bits per heavy atom. The second kappa shape index (κ2) is 3.41. The summed E-state index contributed by atoms with van der Waals surface area (Å²) < 4.78 is 0.236. The van der Waals surface area contributed by atoms with E-state index in [2.05, 4.69) is 0 Å². The number of halogens is 1. The summed E-state index contributed by atoms with van der Waals surface area (Å²) in [5.74, 6) is -1.85. The van der Waals surface area contributed by atoms with Crippen LogP contribution >= 0.6 is 22.6 Å². The number of benzene rings is 1. The van der Waals surface area contributed by atoms with Crippen molar-refractivity contribution in [2.75, 3.05) is 0 Å². The lowest BCUT2D eigenvalue weighted by molar-refractivity contribution is 0.101. The van der Waals surface area contributed by atoms with Crippen molar-refractivity contribution >= 4 is 28.4 Å². The van der Waals surface area contributed by atoms with Gasteiger partial charge in [0.05, 0.1) is 3.57 Å². The largest absolute Gasteiger partial charge is 0.504 e. The molecule has 0 radical (unpaired) electrons. The van der Waals surface area contributed by atoms with Gasteiger partial charge >= 0.3 is 0 Å². The molecule has 0 saturated carbocycles. The molecule has 1 aromatic carbocycles. The summed E-state index contributed by atoms with van der Waals surface area (Å²) in [7, 11) is 0. The lowest BCUT2D eigenvalue weighted by Crippen LogP contribution is -1.96. The number of phenols is 3. The fraction of sp³-hybridized carbons (Fsp3) is 0.125. The number of hydrogen-bond acceptors (Lipinski definition) is 4. The van der Waals surface area contributed by atoms with Crippen LogP contribution in [0.5, 0.6) is 17.2 Å². The number of carbonyl (C=O) groups excluding carboxylic acids is 1. The number of phenolic OH excluding ortho intramolecular Hbond substituents is 3. The first-order valence-electron chi connectivity index (χ1n) is 3.39. The third-order valence-corrected chi connectivity index (χ3v) is 2.66. The molecule has 5 heteroatoms. The second-order valence-electron chi connectivity index (χ2n) is 2.51. The van der Waals surface area contributed by atoms with Crippen LogP contribution in [-0.4, -0.2) is 21.1 Å². The molecule has 0 fully saturated rings. The van der Waals surface area contributed by atoms with Crippen LogP contribution in [-0.2, 0) is 0 Å². The minimum Gasteiger partial charge on any atom is -0.504 e. The molecular weight excluding hydrogens is 287 g/mol. The molecule has 1 rings (SSSR count). The van der Waals surface area contributed by atoms with Crippen molar-refractivity contribution < 1.29 is 20.1 Å². The van der Waals surface area contributed by atoms with Gasteiger partial charge in [0.2, 0.25) is 5.75 Å². The molecule has 0 aliphatic heterocycles. The molecule has 3 N–H and O–H groups in total. The third-order valence-electron chi connectivity index (χ3n) is 1.57. The fourth-order valence-electron chi connectivity index (χ4n) is 0.877. The molecule has 0 amide bonds. The predicted octanol–water partition coefficient (Wildman–Crippen LogP) is 1.61. The second-order valence-corrected chi connectivity index (χ2v) is 3.59.